The topological polar surface area (TPSA) is 73.6 Å². The Balaban J connectivity index is 0.00000288. The molecule has 7 heteroatoms. The van der Waals surface area contributed by atoms with Crippen LogP contribution in [-0.4, -0.2) is 43.7 Å². The Hall–Kier alpha value is -1.11. The predicted molar refractivity (Wildman–Crippen MR) is 102 cm³/mol. The number of carbonyl (C=O) groups is 1. The third-order valence-electron chi connectivity index (χ3n) is 4.00. The average Bonchev–Trinajstić information content (AvgIpc) is 2.57. The van der Waals surface area contributed by atoms with E-state index in [1.165, 1.54) is 0 Å². The number of carbonyl (C=O) groups excluding carboxylic acids is 1. The highest BCUT2D eigenvalue weighted by Gasteiger charge is 2.25. The summed E-state index contributed by atoms with van der Waals surface area (Å²) in [7, 11) is 0. The number of nitrogens with one attached hydrogen (secondary N) is 1. The summed E-state index contributed by atoms with van der Waals surface area (Å²) >= 11 is 1.70. The average molecular weight is 375 g/mol. The predicted octanol–water partition coefficient (Wildman–Crippen LogP) is 2.35. The molecular weight excluding hydrogens is 348 g/mol. The van der Waals surface area contributed by atoms with Crippen molar-refractivity contribution in [1.29, 1.82) is 0 Å². The van der Waals surface area contributed by atoms with Gasteiger partial charge in [0, 0.05) is 12.0 Å². The van der Waals surface area contributed by atoms with Crippen LogP contribution < -0.4 is 20.5 Å². The van der Waals surface area contributed by atoms with E-state index in [4.69, 9.17) is 15.2 Å². The number of rotatable bonds is 7. The summed E-state index contributed by atoms with van der Waals surface area (Å²) in [4.78, 5) is 12.1. The molecule has 1 atom stereocenters. The molecule has 0 saturated heterocycles. The fraction of sp³-hybridized carbons (Fsp3) is 0.588. The second-order valence-electron chi connectivity index (χ2n) is 6.35. The zero-order valence-electron chi connectivity index (χ0n) is 14.5. The molecule has 0 spiro atoms. The number of fused-ring (bicyclic) bond motifs is 1. The number of ether oxygens (including phenoxy) is 2. The van der Waals surface area contributed by atoms with E-state index in [1.807, 2.05) is 24.5 Å². The molecule has 1 aromatic carbocycles. The molecule has 0 fully saturated rings. The maximum atomic E-state index is 12.1. The van der Waals surface area contributed by atoms with Crippen LogP contribution in [0.5, 0.6) is 11.5 Å². The number of hydrogen-bond acceptors (Lipinski definition) is 5. The standard InChI is InChI=1S/C17H26N2O3S.ClH/c1-17(2,11-19-16(20)13(18)6-9-23-3)12-4-5-14-15(10-12)22-8-7-21-14;/h4-5,10,13H,6-9,11,18H2,1-3H3,(H,19,20);1H/t13-;/m0./s1. The van der Waals surface area contributed by atoms with Crippen molar-refractivity contribution in [3.05, 3.63) is 23.8 Å². The van der Waals surface area contributed by atoms with Gasteiger partial charge in [0.2, 0.25) is 5.91 Å². The molecule has 1 aromatic rings. The normalized spacial score (nSPS) is 14.5. The summed E-state index contributed by atoms with van der Waals surface area (Å²) in [5.41, 5.74) is 6.78. The fourth-order valence-corrected chi connectivity index (χ4v) is 2.87. The van der Waals surface area contributed by atoms with E-state index in [0.717, 1.165) is 22.8 Å². The van der Waals surface area contributed by atoms with Crippen LogP contribution >= 0.6 is 24.2 Å². The molecule has 3 N–H and O–H groups in total. The van der Waals surface area contributed by atoms with Crippen molar-refractivity contribution in [2.24, 2.45) is 5.73 Å². The Morgan fingerprint density at radius 3 is 2.67 bits per heavy atom. The smallest absolute Gasteiger partial charge is 0.236 e. The molecule has 1 amide bonds. The minimum absolute atomic E-state index is 0. The molecule has 2 rings (SSSR count). The van der Waals surface area contributed by atoms with Crippen molar-refractivity contribution in [3.63, 3.8) is 0 Å². The lowest BCUT2D eigenvalue weighted by Crippen LogP contribution is -2.45. The Morgan fingerprint density at radius 1 is 1.33 bits per heavy atom. The molecule has 136 valence electrons. The zero-order chi connectivity index (χ0) is 16.9. The summed E-state index contributed by atoms with van der Waals surface area (Å²) in [6.07, 6.45) is 2.70. The largest absolute Gasteiger partial charge is 0.486 e. The van der Waals surface area contributed by atoms with Crippen LogP contribution in [0.2, 0.25) is 0 Å². The van der Waals surface area contributed by atoms with Gasteiger partial charge in [-0.25, -0.2) is 0 Å². The lowest BCUT2D eigenvalue weighted by molar-refractivity contribution is -0.122. The van der Waals surface area contributed by atoms with Crippen molar-refractivity contribution < 1.29 is 14.3 Å². The van der Waals surface area contributed by atoms with E-state index >= 15 is 0 Å². The van der Waals surface area contributed by atoms with Crippen molar-refractivity contribution in [1.82, 2.24) is 5.32 Å². The number of amides is 1. The molecule has 5 nitrogen and oxygen atoms in total. The lowest BCUT2D eigenvalue weighted by Gasteiger charge is -2.28. The first kappa shape index (κ1) is 20.9. The number of halogens is 1. The second-order valence-corrected chi connectivity index (χ2v) is 7.33. The Kier molecular flexibility index (Phi) is 8.19. The van der Waals surface area contributed by atoms with Gasteiger partial charge in [-0.1, -0.05) is 19.9 Å². The molecule has 1 aliphatic rings. The molecule has 0 aromatic heterocycles. The summed E-state index contributed by atoms with van der Waals surface area (Å²) in [6.45, 7) is 5.86. The van der Waals surface area contributed by atoms with Gasteiger partial charge in [-0.2, -0.15) is 11.8 Å². The number of thioether (sulfide) groups is 1. The van der Waals surface area contributed by atoms with Crippen LogP contribution in [0, 0.1) is 0 Å². The SMILES string of the molecule is CSCC[C@H](N)C(=O)NCC(C)(C)c1ccc2c(c1)OCCO2.Cl. The highest BCUT2D eigenvalue weighted by atomic mass is 35.5. The van der Waals surface area contributed by atoms with Crippen LogP contribution in [-0.2, 0) is 10.2 Å². The van der Waals surface area contributed by atoms with Gasteiger partial charge in [0.1, 0.15) is 13.2 Å². The van der Waals surface area contributed by atoms with Crippen LogP contribution in [0.25, 0.3) is 0 Å². The van der Waals surface area contributed by atoms with E-state index in [2.05, 4.69) is 19.2 Å². The Labute approximate surface area is 154 Å². The minimum Gasteiger partial charge on any atom is -0.486 e. The third-order valence-corrected chi connectivity index (χ3v) is 4.64. The highest BCUT2D eigenvalue weighted by molar-refractivity contribution is 7.98. The first-order valence-corrected chi connectivity index (χ1v) is 9.26. The monoisotopic (exact) mass is 374 g/mol. The molecular formula is C17H27ClN2O3S. The van der Waals surface area contributed by atoms with Gasteiger partial charge in [0.15, 0.2) is 11.5 Å². The summed E-state index contributed by atoms with van der Waals surface area (Å²) in [5.74, 6) is 2.34. The fourth-order valence-electron chi connectivity index (χ4n) is 2.38. The van der Waals surface area contributed by atoms with Gasteiger partial charge >= 0.3 is 0 Å². The quantitative estimate of drug-likeness (QED) is 0.766. The van der Waals surface area contributed by atoms with Crippen molar-refractivity contribution in [3.8, 4) is 11.5 Å². The Morgan fingerprint density at radius 2 is 2.00 bits per heavy atom. The van der Waals surface area contributed by atoms with Gasteiger partial charge in [-0.15, -0.1) is 12.4 Å². The minimum atomic E-state index is -0.446. The van der Waals surface area contributed by atoms with Crippen LogP contribution in [0.15, 0.2) is 18.2 Å². The lowest BCUT2D eigenvalue weighted by atomic mass is 9.84. The summed E-state index contributed by atoms with van der Waals surface area (Å²) in [6, 6.07) is 5.50. The Bertz CT molecular complexity index is 555. The molecule has 0 bridgehead atoms. The zero-order valence-corrected chi connectivity index (χ0v) is 16.1. The third kappa shape index (κ3) is 5.46. The van der Waals surface area contributed by atoms with Gasteiger partial charge in [0.05, 0.1) is 6.04 Å². The molecule has 1 aliphatic heterocycles. The molecule has 24 heavy (non-hydrogen) atoms. The molecule has 0 unspecified atom stereocenters. The van der Waals surface area contributed by atoms with E-state index in [-0.39, 0.29) is 23.7 Å². The summed E-state index contributed by atoms with van der Waals surface area (Å²) < 4.78 is 11.2. The van der Waals surface area contributed by atoms with E-state index < -0.39 is 6.04 Å². The second kappa shape index (κ2) is 9.39. The highest BCUT2D eigenvalue weighted by Crippen LogP contribution is 2.34. The van der Waals surface area contributed by atoms with Crippen LogP contribution in [0.1, 0.15) is 25.8 Å². The van der Waals surface area contributed by atoms with E-state index in [9.17, 15) is 4.79 Å². The number of hydrogen-bond donors (Lipinski definition) is 2. The number of nitrogens with two attached hydrogens (primary N) is 1. The first-order chi connectivity index (χ1) is 10.9. The maximum Gasteiger partial charge on any atom is 0.236 e. The van der Waals surface area contributed by atoms with Crippen molar-refractivity contribution >= 4 is 30.1 Å². The van der Waals surface area contributed by atoms with Crippen molar-refractivity contribution in [2.75, 3.05) is 31.8 Å². The molecule has 0 aliphatic carbocycles. The molecule has 0 radical (unpaired) electrons. The van der Waals surface area contributed by atoms with Gasteiger partial charge < -0.3 is 20.5 Å². The first-order valence-electron chi connectivity index (χ1n) is 7.86. The van der Waals surface area contributed by atoms with E-state index in [1.54, 1.807) is 11.8 Å². The van der Waals surface area contributed by atoms with Crippen LogP contribution in [0.3, 0.4) is 0 Å². The van der Waals surface area contributed by atoms with Crippen molar-refractivity contribution in [2.45, 2.75) is 31.7 Å². The van der Waals surface area contributed by atoms with E-state index in [0.29, 0.717) is 26.2 Å². The maximum absolute atomic E-state index is 12.1. The molecule has 0 saturated carbocycles. The summed E-state index contributed by atoms with van der Waals surface area (Å²) in [5, 5.41) is 2.96. The van der Waals surface area contributed by atoms with Gasteiger partial charge in [-0.05, 0) is 36.1 Å². The van der Waals surface area contributed by atoms with Gasteiger partial charge in [0.25, 0.3) is 0 Å². The van der Waals surface area contributed by atoms with Gasteiger partial charge in [-0.3, -0.25) is 4.79 Å². The van der Waals surface area contributed by atoms with Crippen LogP contribution in [0.4, 0.5) is 0 Å². The number of benzene rings is 1. The molecule has 1 heterocycles.